The van der Waals surface area contributed by atoms with Crippen LogP contribution in [0.4, 0.5) is 8.78 Å². The van der Waals surface area contributed by atoms with Crippen LogP contribution in [0.15, 0.2) is 22.8 Å². The quantitative estimate of drug-likeness (QED) is 0.931. The number of halogens is 3. The highest BCUT2D eigenvalue weighted by atomic mass is 79.9. The lowest BCUT2D eigenvalue weighted by molar-refractivity contribution is 0.0942. The van der Waals surface area contributed by atoms with E-state index in [-0.39, 0.29) is 11.0 Å². The molecular formula is C13H12BrF2N3O. The second-order valence-corrected chi connectivity index (χ2v) is 5.26. The van der Waals surface area contributed by atoms with Crippen molar-refractivity contribution in [1.29, 1.82) is 0 Å². The summed E-state index contributed by atoms with van der Waals surface area (Å²) in [5.74, 6) is -2.61. The summed E-state index contributed by atoms with van der Waals surface area (Å²) in [4.78, 5) is 11.9. The Balaban J connectivity index is 2.15. The van der Waals surface area contributed by atoms with Gasteiger partial charge in [-0.2, -0.15) is 5.10 Å². The molecule has 0 aliphatic carbocycles. The fraction of sp³-hybridized carbons (Fsp3) is 0.231. The summed E-state index contributed by atoms with van der Waals surface area (Å²) in [5.41, 5.74) is 0.957. The van der Waals surface area contributed by atoms with Crippen molar-refractivity contribution in [2.24, 2.45) is 7.05 Å². The Morgan fingerprint density at radius 2 is 2.00 bits per heavy atom. The molecule has 0 radical (unpaired) electrons. The topological polar surface area (TPSA) is 46.9 Å². The van der Waals surface area contributed by atoms with Crippen molar-refractivity contribution < 1.29 is 13.6 Å². The molecule has 1 aromatic carbocycles. The van der Waals surface area contributed by atoms with Gasteiger partial charge in [-0.1, -0.05) is 15.9 Å². The van der Waals surface area contributed by atoms with Crippen LogP contribution in [-0.4, -0.2) is 15.7 Å². The highest BCUT2D eigenvalue weighted by Gasteiger charge is 2.18. The number of hydrogen-bond acceptors (Lipinski definition) is 2. The van der Waals surface area contributed by atoms with E-state index in [0.717, 1.165) is 23.4 Å². The van der Waals surface area contributed by atoms with Crippen molar-refractivity contribution in [3.8, 4) is 0 Å². The van der Waals surface area contributed by atoms with Crippen LogP contribution >= 0.6 is 15.9 Å². The van der Waals surface area contributed by atoms with E-state index in [0.29, 0.717) is 0 Å². The van der Waals surface area contributed by atoms with E-state index in [1.807, 2.05) is 0 Å². The van der Waals surface area contributed by atoms with Crippen molar-refractivity contribution in [2.75, 3.05) is 0 Å². The van der Waals surface area contributed by atoms with Gasteiger partial charge in [-0.15, -0.1) is 0 Å². The number of amides is 1. The average Bonchev–Trinajstić information content (AvgIpc) is 2.63. The minimum absolute atomic E-state index is 0.160. The number of nitrogens with one attached hydrogen (secondary N) is 1. The molecule has 1 aromatic heterocycles. The Bertz CT molecular complexity index is 647. The summed E-state index contributed by atoms with van der Waals surface area (Å²) in [6.45, 7) is 1.95. The maximum absolute atomic E-state index is 13.6. The van der Waals surface area contributed by atoms with Crippen molar-refractivity contribution in [2.45, 2.75) is 13.5 Å². The highest BCUT2D eigenvalue weighted by molar-refractivity contribution is 9.10. The molecule has 0 spiro atoms. The molecule has 2 aromatic rings. The van der Waals surface area contributed by atoms with Gasteiger partial charge in [0.1, 0.15) is 17.2 Å². The van der Waals surface area contributed by atoms with Crippen LogP contribution in [-0.2, 0) is 13.6 Å². The first-order chi connectivity index (χ1) is 9.38. The van der Waals surface area contributed by atoms with Gasteiger partial charge in [-0.3, -0.25) is 9.48 Å². The molecule has 0 aliphatic heterocycles. The zero-order valence-corrected chi connectivity index (χ0v) is 12.5. The van der Waals surface area contributed by atoms with Gasteiger partial charge in [0.15, 0.2) is 0 Å². The van der Waals surface area contributed by atoms with Crippen LogP contribution in [0.5, 0.6) is 0 Å². The molecule has 20 heavy (non-hydrogen) atoms. The van der Waals surface area contributed by atoms with Gasteiger partial charge in [0, 0.05) is 29.8 Å². The fourth-order valence-corrected chi connectivity index (χ4v) is 2.25. The largest absolute Gasteiger partial charge is 0.348 e. The Morgan fingerprint density at radius 3 is 2.50 bits per heavy atom. The first kappa shape index (κ1) is 14.6. The molecule has 7 heteroatoms. The smallest absolute Gasteiger partial charge is 0.257 e. The van der Waals surface area contributed by atoms with Crippen molar-refractivity contribution in [3.05, 3.63) is 51.3 Å². The lowest BCUT2D eigenvalue weighted by Crippen LogP contribution is -2.25. The first-order valence-electron chi connectivity index (χ1n) is 5.80. The van der Waals surface area contributed by atoms with Crippen LogP contribution in [0, 0.1) is 18.6 Å². The molecule has 0 unspecified atom stereocenters. The SMILES string of the molecule is Cc1nn(C)cc1CNC(=O)c1c(F)cc(Br)cc1F. The number of aryl methyl sites for hydroxylation is 2. The van der Waals surface area contributed by atoms with Crippen molar-refractivity contribution in [3.63, 3.8) is 0 Å². The molecule has 0 fully saturated rings. The molecule has 1 N–H and O–H groups in total. The number of hydrogen-bond donors (Lipinski definition) is 1. The Hall–Kier alpha value is -1.76. The number of nitrogens with zero attached hydrogens (tertiary/aromatic N) is 2. The molecule has 1 heterocycles. The molecule has 0 aliphatic rings. The second-order valence-electron chi connectivity index (χ2n) is 4.34. The van der Waals surface area contributed by atoms with Gasteiger partial charge < -0.3 is 5.32 Å². The van der Waals surface area contributed by atoms with E-state index in [1.54, 1.807) is 24.9 Å². The van der Waals surface area contributed by atoms with E-state index in [4.69, 9.17) is 0 Å². The summed E-state index contributed by atoms with van der Waals surface area (Å²) in [6.07, 6.45) is 1.74. The van der Waals surface area contributed by atoms with Gasteiger partial charge in [-0.25, -0.2) is 8.78 Å². The Morgan fingerprint density at radius 1 is 1.40 bits per heavy atom. The molecule has 0 atom stereocenters. The van der Waals surface area contributed by atoms with Crippen molar-refractivity contribution in [1.82, 2.24) is 15.1 Å². The third-order valence-electron chi connectivity index (χ3n) is 2.79. The molecule has 4 nitrogen and oxygen atoms in total. The maximum atomic E-state index is 13.6. The zero-order valence-electron chi connectivity index (χ0n) is 10.9. The van der Waals surface area contributed by atoms with Gasteiger partial charge in [0.2, 0.25) is 0 Å². The van der Waals surface area contributed by atoms with Crippen LogP contribution in [0.2, 0.25) is 0 Å². The van der Waals surface area contributed by atoms with Gasteiger partial charge in [-0.05, 0) is 19.1 Å². The Kier molecular flexibility index (Phi) is 4.17. The van der Waals surface area contributed by atoms with Crippen LogP contribution in [0.25, 0.3) is 0 Å². The van der Waals surface area contributed by atoms with E-state index in [1.165, 1.54) is 0 Å². The molecule has 0 saturated carbocycles. The molecule has 1 amide bonds. The van der Waals surface area contributed by atoms with Gasteiger partial charge >= 0.3 is 0 Å². The predicted octanol–water partition coefficient (Wildman–Crippen LogP) is 2.70. The Labute approximate surface area is 122 Å². The van der Waals surface area contributed by atoms with E-state index >= 15 is 0 Å². The van der Waals surface area contributed by atoms with E-state index < -0.39 is 23.1 Å². The van der Waals surface area contributed by atoms with Gasteiger partial charge in [0.25, 0.3) is 5.91 Å². The van der Waals surface area contributed by atoms with Crippen LogP contribution in [0.3, 0.4) is 0 Å². The highest BCUT2D eigenvalue weighted by Crippen LogP contribution is 2.19. The van der Waals surface area contributed by atoms with Gasteiger partial charge in [0.05, 0.1) is 5.69 Å². The number of rotatable bonds is 3. The second kappa shape index (κ2) is 5.70. The van der Waals surface area contributed by atoms with E-state index in [9.17, 15) is 13.6 Å². The lowest BCUT2D eigenvalue weighted by atomic mass is 10.1. The fourth-order valence-electron chi connectivity index (χ4n) is 1.85. The molecular weight excluding hydrogens is 332 g/mol. The monoisotopic (exact) mass is 343 g/mol. The number of carbonyl (C=O) groups is 1. The number of aromatic nitrogens is 2. The standard InChI is InChI=1S/C13H12BrF2N3O/c1-7-8(6-19(2)18-7)5-17-13(20)12-10(15)3-9(14)4-11(12)16/h3-4,6H,5H2,1-2H3,(H,17,20). The number of carbonyl (C=O) groups excluding carboxylic acids is 1. The third kappa shape index (κ3) is 3.04. The number of benzene rings is 1. The first-order valence-corrected chi connectivity index (χ1v) is 6.59. The summed E-state index contributed by atoms with van der Waals surface area (Å²) < 4.78 is 29.1. The third-order valence-corrected chi connectivity index (χ3v) is 3.25. The predicted molar refractivity (Wildman–Crippen MR) is 73.2 cm³/mol. The lowest BCUT2D eigenvalue weighted by Gasteiger charge is -2.07. The summed E-state index contributed by atoms with van der Waals surface area (Å²) in [6, 6.07) is 2.10. The van der Waals surface area contributed by atoms with Crippen molar-refractivity contribution >= 4 is 21.8 Å². The molecule has 2 rings (SSSR count). The molecule has 106 valence electrons. The molecule has 0 saturated heterocycles. The summed E-state index contributed by atoms with van der Waals surface area (Å²) in [5, 5.41) is 6.60. The normalized spacial score (nSPS) is 10.7. The van der Waals surface area contributed by atoms with E-state index in [2.05, 4.69) is 26.3 Å². The average molecular weight is 344 g/mol. The van der Waals surface area contributed by atoms with Crippen LogP contribution in [0.1, 0.15) is 21.6 Å². The zero-order chi connectivity index (χ0) is 14.9. The maximum Gasteiger partial charge on any atom is 0.257 e. The minimum Gasteiger partial charge on any atom is -0.348 e. The minimum atomic E-state index is -0.905. The van der Waals surface area contributed by atoms with Crippen LogP contribution < -0.4 is 5.32 Å². The summed E-state index contributed by atoms with van der Waals surface area (Å²) in [7, 11) is 1.76. The molecule has 0 bridgehead atoms. The summed E-state index contributed by atoms with van der Waals surface area (Å²) >= 11 is 2.96.